The second-order valence-electron chi connectivity index (χ2n) is 5.42. The summed E-state index contributed by atoms with van der Waals surface area (Å²) >= 11 is 1.16. The van der Waals surface area contributed by atoms with E-state index < -0.39 is 17.4 Å². The third kappa shape index (κ3) is 2.73. The number of hydrogen-bond acceptors (Lipinski definition) is 6. The van der Waals surface area contributed by atoms with E-state index in [1.165, 1.54) is 12.3 Å². The molecule has 0 saturated heterocycles. The smallest absolute Gasteiger partial charge is 0.282 e. The van der Waals surface area contributed by atoms with Crippen molar-refractivity contribution in [1.82, 2.24) is 20.1 Å². The summed E-state index contributed by atoms with van der Waals surface area (Å²) in [5, 5.41) is 9.42. The van der Waals surface area contributed by atoms with Gasteiger partial charge in [0.1, 0.15) is 0 Å². The summed E-state index contributed by atoms with van der Waals surface area (Å²) in [6.07, 6.45) is 1.17. The summed E-state index contributed by atoms with van der Waals surface area (Å²) in [4.78, 5) is 28.6. The van der Waals surface area contributed by atoms with Crippen LogP contribution in [0.4, 0.5) is 9.39 Å². The number of nitrogens with zero attached hydrogens (tertiary/aromatic N) is 3. The van der Waals surface area contributed by atoms with E-state index in [1.807, 2.05) is 13.8 Å². The zero-order valence-corrected chi connectivity index (χ0v) is 13.7. The molecule has 0 radical (unpaired) electrons. The molecule has 0 saturated carbocycles. The zero-order chi connectivity index (χ0) is 17.4. The SMILES string of the molecule is CC(C)NC(=O)c1nn(-c2ccc(F)nc2)c(=O)c2c(N)scc12. The lowest BCUT2D eigenvalue weighted by atomic mass is 10.2. The first-order chi connectivity index (χ1) is 11.4. The number of carbonyl (C=O) groups excluding carboxylic acids is 1. The van der Waals surface area contributed by atoms with E-state index in [9.17, 15) is 14.0 Å². The number of carbonyl (C=O) groups is 1. The maximum absolute atomic E-state index is 13.0. The number of nitrogen functional groups attached to an aromatic ring is 1. The lowest BCUT2D eigenvalue weighted by Gasteiger charge is -2.11. The van der Waals surface area contributed by atoms with Gasteiger partial charge in [0.05, 0.1) is 22.3 Å². The fourth-order valence-electron chi connectivity index (χ4n) is 2.24. The second kappa shape index (κ2) is 6.00. The van der Waals surface area contributed by atoms with Crippen molar-refractivity contribution in [3.05, 3.63) is 45.7 Å². The van der Waals surface area contributed by atoms with Gasteiger partial charge in [-0.05, 0) is 26.0 Å². The van der Waals surface area contributed by atoms with E-state index in [0.29, 0.717) is 10.4 Å². The van der Waals surface area contributed by atoms with Gasteiger partial charge in [-0.1, -0.05) is 0 Å². The molecule has 3 aromatic rings. The molecular weight excluding hydrogens is 333 g/mol. The first kappa shape index (κ1) is 16.1. The number of anilines is 1. The largest absolute Gasteiger partial charge is 0.390 e. The van der Waals surface area contributed by atoms with Crippen molar-refractivity contribution in [2.75, 3.05) is 5.73 Å². The molecule has 0 spiro atoms. The minimum absolute atomic E-state index is 0.0792. The monoisotopic (exact) mass is 347 g/mol. The van der Waals surface area contributed by atoms with Crippen LogP contribution in [0.5, 0.6) is 0 Å². The topological polar surface area (TPSA) is 103 Å². The Balaban J connectivity index is 2.28. The summed E-state index contributed by atoms with van der Waals surface area (Å²) in [6, 6.07) is 2.37. The Bertz CT molecular complexity index is 978. The Morgan fingerprint density at radius 3 is 2.79 bits per heavy atom. The van der Waals surface area contributed by atoms with Crippen LogP contribution in [0.3, 0.4) is 0 Å². The third-order valence-corrected chi connectivity index (χ3v) is 4.08. The number of amides is 1. The van der Waals surface area contributed by atoms with Gasteiger partial charge in [0.2, 0.25) is 5.95 Å². The molecule has 0 atom stereocenters. The van der Waals surface area contributed by atoms with Crippen LogP contribution in [0.1, 0.15) is 24.3 Å². The van der Waals surface area contributed by atoms with Crippen LogP contribution in [0.2, 0.25) is 0 Å². The molecule has 1 amide bonds. The highest BCUT2D eigenvalue weighted by atomic mass is 32.1. The molecule has 3 aromatic heterocycles. The Hall–Kier alpha value is -2.81. The highest BCUT2D eigenvalue weighted by Crippen LogP contribution is 2.27. The molecule has 0 unspecified atom stereocenters. The number of fused-ring (bicyclic) bond motifs is 1. The lowest BCUT2D eigenvalue weighted by molar-refractivity contribution is 0.0938. The Morgan fingerprint density at radius 1 is 1.42 bits per heavy atom. The first-order valence-corrected chi connectivity index (χ1v) is 7.99. The number of nitrogens with one attached hydrogen (secondary N) is 1. The van der Waals surface area contributed by atoms with Crippen LogP contribution < -0.4 is 16.6 Å². The van der Waals surface area contributed by atoms with Gasteiger partial charge < -0.3 is 11.1 Å². The summed E-state index contributed by atoms with van der Waals surface area (Å²) in [6.45, 7) is 3.63. The first-order valence-electron chi connectivity index (χ1n) is 7.11. The molecule has 0 aliphatic rings. The van der Waals surface area contributed by atoms with Crippen molar-refractivity contribution in [3.63, 3.8) is 0 Å². The van der Waals surface area contributed by atoms with Crippen molar-refractivity contribution < 1.29 is 9.18 Å². The molecule has 3 heterocycles. The number of rotatable bonds is 3. The maximum Gasteiger partial charge on any atom is 0.282 e. The number of nitrogens with two attached hydrogens (primary N) is 1. The molecule has 3 rings (SSSR count). The average molecular weight is 347 g/mol. The normalized spacial score (nSPS) is 11.2. The number of hydrogen-bond donors (Lipinski definition) is 2. The number of thiophene rings is 1. The van der Waals surface area contributed by atoms with Gasteiger partial charge in [0.25, 0.3) is 11.5 Å². The third-order valence-electron chi connectivity index (χ3n) is 3.27. The molecule has 0 fully saturated rings. The van der Waals surface area contributed by atoms with Crippen LogP contribution in [0, 0.1) is 5.95 Å². The molecule has 0 aliphatic heterocycles. The van der Waals surface area contributed by atoms with Gasteiger partial charge in [0, 0.05) is 16.8 Å². The van der Waals surface area contributed by atoms with Crippen LogP contribution in [0.25, 0.3) is 16.5 Å². The Labute approximate surface area is 139 Å². The van der Waals surface area contributed by atoms with E-state index in [4.69, 9.17) is 5.73 Å². The van der Waals surface area contributed by atoms with Gasteiger partial charge in [-0.25, -0.2) is 4.98 Å². The number of aromatic nitrogens is 3. The second-order valence-corrected chi connectivity index (χ2v) is 6.33. The van der Waals surface area contributed by atoms with Crippen LogP contribution >= 0.6 is 11.3 Å². The Kier molecular flexibility index (Phi) is 4.02. The van der Waals surface area contributed by atoms with Crippen LogP contribution in [-0.2, 0) is 0 Å². The predicted octanol–water partition coefficient (Wildman–Crippen LogP) is 1.70. The highest BCUT2D eigenvalue weighted by molar-refractivity contribution is 7.15. The minimum atomic E-state index is -0.680. The van der Waals surface area contributed by atoms with Gasteiger partial charge in [-0.2, -0.15) is 14.2 Å². The molecule has 24 heavy (non-hydrogen) atoms. The van der Waals surface area contributed by atoms with Crippen molar-refractivity contribution in [1.29, 1.82) is 0 Å². The van der Waals surface area contributed by atoms with E-state index in [0.717, 1.165) is 22.1 Å². The van der Waals surface area contributed by atoms with Crippen LogP contribution in [-0.4, -0.2) is 26.7 Å². The van der Waals surface area contributed by atoms with Gasteiger partial charge in [0.15, 0.2) is 5.69 Å². The maximum atomic E-state index is 13.0. The Morgan fingerprint density at radius 2 is 2.17 bits per heavy atom. The molecule has 124 valence electrons. The number of pyridine rings is 1. The fraction of sp³-hybridized carbons (Fsp3) is 0.200. The lowest BCUT2D eigenvalue weighted by Crippen LogP contribution is -2.33. The minimum Gasteiger partial charge on any atom is -0.390 e. The average Bonchev–Trinajstić information content (AvgIpc) is 2.90. The molecule has 0 bridgehead atoms. The molecule has 3 N–H and O–H groups in total. The van der Waals surface area contributed by atoms with E-state index in [2.05, 4.69) is 15.4 Å². The van der Waals surface area contributed by atoms with Crippen molar-refractivity contribution in [2.24, 2.45) is 0 Å². The molecular formula is C15H14FN5O2S. The summed E-state index contributed by atoms with van der Waals surface area (Å²) in [5.41, 5.74) is 5.72. The molecule has 7 nitrogen and oxygen atoms in total. The summed E-state index contributed by atoms with van der Waals surface area (Å²) < 4.78 is 14.0. The van der Waals surface area contributed by atoms with Crippen molar-refractivity contribution in [3.8, 4) is 5.69 Å². The predicted molar refractivity (Wildman–Crippen MR) is 90.0 cm³/mol. The van der Waals surface area contributed by atoms with Crippen molar-refractivity contribution in [2.45, 2.75) is 19.9 Å². The van der Waals surface area contributed by atoms with Crippen LogP contribution in [0.15, 0.2) is 28.5 Å². The van der Waals surface area contributed by atoms with Gasteiger partial charge >= 0.3 is 0 Å². The fourth-order valence-corrected chi connectivity index (χ4v) is 3.03. The molecule has 0 aliphatic carbocycles. The summed E-state index contributed by atoms with van der Waals surface area (Å²) in [7, 11) is 0. The van der Waals surface area contributed by atoms with E-state index >= 15 is 0 Å². The van der Waals surface area contributed by atoms with Crippen molar-refractivity contribution >= 4 is 33.0 Å². The standard InChI is InChI=1S/C15H14FN5O2S/c1-7(2)19-14(22)12-9-6-24-13(17)11(9)15(23)21(20-12)8-3-4-10(16)18-5-8/h3-7H,17H2,1-2H3,(H,19,22). The van der Waals surface area contributed by atoms with Gasteiger partial charge in [-0.3, -0.25) is 9.59 Å². The zero-order valence-electron chi connectivity index (χ0n) is 12.9. The highest BCUT2D eigenvalue weighted by Gasteiger charge is 2.21. The quantitative estimate of drug-likeness (QED) is 0.702. The van der Waals surface area contributed by atoms with E-state index in [1.54, 1.807) is 5.38 Å². The molecule has 0 aromatic carbocycles. The summed E-state index contributed by atoms with van der Waals surface area (Å²) in [5.74, 6) is -1.10. The molecule has 9 heteroatoms. The van der Waals surface area contributed by atoms with Gasteiger partial charge in [-0.15, -0.1) is 11.3 Å². The number of halogens is 1. The van der Waals surface area contributed by atoms with E-state index in [-0.39, 0.29) is 22.8 Å².